The van der Waals surface area contributed by atoms with E-state index < -0.39 is 29.4 Å². The van der Waals surface area contributed by atoms with E-state index in [0.29, 0.717) is 13.0 Å². The molecule has 7 heteroatoms. The molecule has 0 spiro atoms. The van der Waals surface area contributed by atoms with Gasteiger partial charge in [-0.25, -0.2) is 0 Å². The van der Waals surface area contributed by atoms with E-state index in [9.17, 15) is 14.4 Å². The molecule has 1 aliphatic rings. The highest BCUT2D eigenvalue weighted by Crippen LogP contribution is 2.32. The standard InChI is InChI=1S/C25H38O7/c1-6-8-9-10-13-19(3)17-20(18-32-21-14-11-12-16-31-21)22(26)25(15-7-2,23(27)29-4)24(28)30-5/h7,21H,2,6,8-16,18H2,1,3-5H3. The summed E-state index contributed by atoms with van der Waals surface area (Å²) in [6.07, 6.45) is 8.33. The Hall–Kier alpha value is -2.21. The number of carbonyl (C=O) groups is 3. The van der Waals surface area contributed by atoms with Crippen molar-refractivity contribution < 1.29 is 33.3 Å². The average molecular weight is 451 g/mol. The third-order valence-electron chi connectivity index (χ3n) is 5.50. The lowest BCUT2D eigenvalue weighted by molar-refractivity contribution is -0.172. The van der Waals surface area contributed by atoms with Crippen molar-refractivity contribution in [2.24, 2.45) is 5.41 Å². The number of Topliss-reactive ketones (excluding diaryl/α,β-unsaturated/α-hetero) is 1. The van der Waals surface area contributed by atoms with Gasteiger partial charge in [-0.1, -0.05) is 32.3 Å². The van der Waals surface area contributed by atoms with Crippen LogP contribution in [-0.2, 0) is 33.3 Å². The molecule has 0 bridgehead atoms. The summed E-state index contributed by atoms with van der Waals surface area (Å²) in [6.45, 7) is 8.08. The molecule has 1 aliphatic heterocycles. The van der Waals surface area contributed by atoms with Gasteiger partial charge < -0.3 is 18.9 Å². The molecule has 7 nitrogen and oxygen atoms in total. The van der Waals surface area contributed by atoms with Gasteiger partial charge in [0, 0.05) is 6.61 Å². The molecule has 0 N–H and O–H groups in total. The Kier molecular flexibility index (Phi) is 12.8. The third kappa shape index (κ3) is 7.73. The van der Waals surface area contributed by atoms with Crippen LogP contribution in [0.5, 0.6) is 0 Å². The minimum absolute atomic E-state index is 0.0878. The predicted molar refractivity (Wildman–Crippen MR) is 121 cm³/mol. The lowest BCUT2D eigenvalue weighted by atomic mass is 9.77. The molecule has 32 heavy (non-hydrogen) atoms. The van der Waals surface area contributed by atoms with Gasteiger partial charge in [-0.05, 0) is 51.0 Å². The third-order valence-corrected chi connectivity index (χ3v) is 5.50. The zero-order chi connectivity index (χ0) is 24.0. The molecular formula is C25H38O7. The highest BCUT2D eigenvalue weighted by Gasteiger charge is 2.55. The number of hydrogen-bond acceptors (Lipinski definition) is 7. The van der Waals surface area contributed by atoms with E-state index in [4.69, 9.17) is 18.9 Å². The molecule has 1 fully saturated rings. The van der Waals surface area contributed by atoms with Crippen LogP contribution in [0, 0.1) is 5.41 Å². The Morgan fingerprint density at radius 1 is 1.12 bits per heavy atom. The van der Waals surface area contributed by atoms with E-state index in [1.807, 2.05) is 6.92 Å². The van der Waals surface area contributed by atoms with Crippen molar-refractivity contribution in [3.8, 4) is 0 Å². The number of unbranched alkanes of at least 4 members (excludes halogenated alkanes) is 3. The SMILES string of the molecule is C=CCC(C(=O)OC)(C(=O)OC)C(=O)C(=C=C(C)CCCCCC)COC1CCCCO1. The van der Waals surface area contributed by atoms with Crippen molar-refractivity contribution in [2.75, 3.05) is 27.4 Å². The molecule has 0 aliphatic carbocycles. The number of rotatable bonds is 14. The van der Waals surface area contributed by atoms with Crippen LogP contribution in [0.25, 0.3) is 0 Å². The second kappa shape index (κ2) is 14.8. The fourth-order valence-electron chi connectivity index (χ4n) is 3.66. The molecule has 0 aromatic rings. The van der Waals surface area contributed by atoms with Crippen LogP contribution in [0.4, 0.5) is 0 Å². The van der Waals surface area contributed by atoms with Crippen LogP contribution in [0.15, 0.2) is 29.5 Å². The normalized spacial score (nSPS) is 15.9. The maximum atomic E-state index is 13.7. The van der Waals surface area contributed by atoms with Crippen LogP contribution >= 0.6 is 0 Å². The van der Waals surface area contributed by atoms with Crippen LogP contribution < -0.4 is 0 Å². The summed E-state index contributed by atoms with van der Waals surface area (Å²) in [5.74, 6) is -2.74. The van der Waals surface area contributed by atoms with Gasteiger partial charge in [0.15, 0.2) is 12.1 Å². The molecule has 1 heterocycles. The summed E-state index contributed by atoms with van der Waals surface area (Å²) in [7, 11) is 2.25. The monoisotopic (exact) mass is 450 g/mol. The van der Waals surface area contributed by atoms with Gasteiger partial charge in [0.05, 0.1) is 26.4 Å². The number of allylic oxidation sites excluding steroid dienone is 1. The van der Waals surface area contributed by atoms with Crippen molar-refractivity contribution in [2.45, 2.75) is 77.9 Å². The fourth-order valence-corrected chi connectivity index (χ4v) is 3.66. The van der Waals surface area contributed by atoms with Gasteiger partial charge in [0.2, 0.25) is 5.41 Å². The molecule has 1 unspecified atom stereocenters. The van der Waals surface area contributed by atoms with Crippen molar-refractivity contribution in [3.05, 3.63) is 29.5 Å². The second-order valence-corrected chi connectivity index (χ2v) is 8.01. The van der Waals surface area contributed by atoms with E-state index in [2.05, 4.69) is 19.2 Å². The van der Waals surface area contributed by atoms with Gasteiger partial charge >= 0.3 is 11.9 Å². The Morgan fingerprint density at radius 2 is 1.81 bits per heavy atom. The topological polar surface area (TPSA) is 88.1 Å². The summed E-state index contributed by atoms with van der Waals surface area (Å²) in [5.41, 5.74) is 1.86. The number of ketones is 1. The molecule has 1 rings (SSSR count). The maximum Gasteiger partial charge on any atom is 0.331 e. The number of methoxy groups -OCH3 is 2. The van der Waals surface area contributed by atoms with E-state index in [0.717, 1.165) is 64.7 Å². The first-order valence-corrected chi connectivity index (χ1v) is 11.4. The highest BCUT2D eigenvalue weighted by atomic mass is 16.7. The van der Waals surface area contributed by atoms with Gasteiger partial charge in [0.25, 0.3) is 0 Å². The summed E-state index contributed by atoms with van der Waals surface area (Å²) in [5, 5.41) is 0. The predicted octanol–water partition coefficient (Wildman–Crippen LogP) is 4.45. The van der Waals surface area contributed by atoms with Crippen LogP contribution in [0.3, 0.4) is 0 Å². The number of carbonyl (C=O) groups excluding carboxylic acids is 3. The molecule has 0 aromatic heterocycles. The lowest BCUT2D eigenvalue weighted by Gasteiger charge is -2.27. The first kappa shape index (κ1) is 27.8. The molecule has 1 atom stereocenters. The zero-order valence-corrected chi connectivity index (χ0v) is 20.0. The van der Waals surface area contributed by atoms with Crippen molar-refractivity contribution in [3.63, 3.8) is 0 Å². The highest BCUT2D eigenvalue weighted by molar-refractivity contribution is 6.25. The van der Waals surface area contributed by atoms with Crippen LogP contribution in [-0.4, -0.2) is 51.4 Å². The van der Waals surface area contributed by atoms with E-state index in [-0.39, 0.29) is 18.6 Å². The molecule has 180 valence electrons. The molecule has 0 saturated carbocycles. The van der Waals surface area contributed by atoms with Crippen molar-refractivity contribution in [1.29, 1.82) is 0 Å². The zero-order valence-electron chi connectivity index (χ0n) is 20.0. The molecule has 0 amide bonds. The van der Waals surface area contributed by atoms with Gasteiger partial charge in [-0.15, -0.1) is 12.3 Å². The molecule has 0 aromatic carbocycles. The Bertz CT molecular complexity index is 694. The summed E-state index contributed by atoms with van der Waals surface area (Å²) in [6, 6.07) is 0. The quantitative estimate of drug-likeness (QED) is 0.0965. The fraction of sp³-hybridized carbons (Fsp3) is 0.680. The van der Waals surface area contributed by atoms with E-state index >= 15 is 0 Å². The van der Waals surface area contributed by atoms with Gasteiger partial charge in [-0.2, -0.15) is 0 Å². The minimum atomic E-state index is -2.19. The maximum absolute atomic E-state index is 13.7. The molecular weight excluding hydrogens is 412 g/mol. The van der Waals surface area contributed by atoms with Crippen molar-refractivity contribution in [1.82, 2.24) is 0 Å². The number of esters is 2. The Morgan fingerprint density at radius 3 is 2.34 bits per heavy atom. The largest absolute Gasteiger partial charge is 0.468 e. The van der Waals surface area contributed by atoms with Crippen LogP contribution in [0.2, 0.25) is 0 Å². The Balaban J connectivity index is 3.34. The molecule has 1 saturated heterocycles. The first-order valence-electron chi connectivity index (χ1n) is 11.4. The summed E-state index contributed by atoms with van der Waals surface area (Å²) < 4.78 is 21.1. The summed E-state index contributed by atoms with van der Waals surface area (Å²) >= 11 is 0. The number of hydrogen-bond donors (Lipinski definition) is 0. The average Bonchev–Trinajstić information content (AvgIpc) is 2.82. The van der Waals surface area contributed by atoms with Gasteiger partial charge in [0.1, 0.15) is 0 Å². The lowest BCUT2D eigenvalue weighted by Crippen LogP contribution is -2.48. The van der Waals surface area contributed by atoms with Crippen molar-refractivity contribution >= 4 is 17.7 Å². The molecule has 0 radical (unpaired) electrons. The minimum Gasteiger partial charge on any atom is -0.468 e. The second-order valence-electron chi connectivity index (χ2n) is 8.01. The summed E-state index contributed by atoms with van der Waals surface area (Å²) in [4.78, 5) is 39.1. The van der Waals surface area contributed by atoms with E-state index in [1.165, 1.54) is 6.08 Å². The smallest absolute Gasteiger partial charge is 0.331 e. The first-order chi connectivity index (χ1) is 15.4. The van der Waals surface area contributed by atoms with E-state index in [1.54, 1.807) is 0 Å². The Labute approximate surface area is 191 Å². The van der Waals surface area contributed by atoms with Crippen LogP contribution in [0.1, 0.15) is 71.6 Å². The van der Waals surface area contributed by atoms with Gasteiger partial charge in [-0.3, -0.25) is 14.4 Å². The number of ether oxygens (including phenoxy) is 4.